The third-order valence-corrected chi connectivity index (χ3v) is 3.36. The summed E-state index contributed by atoms with van der Waals surface area (Å²) in [4.78, 5) is 0. The van der Waals surface area contributed by atoms with Crippen molar-refractivity contribution in [3.05, 3.63) is 54.3 Å². The summed E-state index contributed by atoms with van der Waals surface area (Å²) in [5.74, 6) is -0.954. The van der Waals surface area contributed by atoms with Gasteiger partial charge in [-0.3, -0.25) is 0 Å². The van der Waals surface area contributed by atoms with Gasteiger partial charge in [0.2, 0.25) is 0 Å². The topological polar surface area (TPSA) is 27.7 Å². The molecule has 2 rings (SSSR count). The second-order valence-corrected chi connectivity index (χ2v) is 5.06. The summed E-state index contributed by atoms with van der Waals surface area (Å²) in [6, 6.07) is 10.0. The summed E-state index contributed by atoms with van der Waals surface area (Å²) in [6.45, 7) is 3.22. The average Bonchev–Trinajstić information content (AvgIpc) is 2.75. The summed E-state index contributed by atoms with van der Waals surface area (Å²) in [5, 5.41) is 0. The number of ether oxygens (including phenoxy) is 3. The van der Waals surface area contributed by atoms with Crippen molar-refractivity contribution >= 4 is 6.08 Å². The molecule has 0 saturated heterocycles. The first-order valence-corrected chi connectivity index (χ1v) is 7.67. The van der Waals surface area contributed by atoms with Gasteiger partial charge in [-0.05, 0) is 18.1 Å². The fraction of sp³-hybridized carbons (Fsp3) is 0.444. The lowest BCUT2D eigenvalue weighted by molar-refractivity contribution is -0.354. The summed E-state index contributed by atoms with van der Waals surface area (Å²) < 4.78 is 17.4. The van der Waals surface area contributed by atoms with Crippen LogP contribution >= 0.6 is 0 Å². The van der Waals surface area contributed by atoms with Gasteiger partial charge in [0.05, 0.1) is 19.5 Å². The minimum Gasteiger partial charge on any atom is -0.447 e. The third-order valence-electron chi connectivity index (χ3n) is 3.36. The van der Waals surface area contributed by atoms with Crippen molar-refractivity contribution in [3.8, 4) is 0 Å². The van der Waals surface area contributed by atoms with E-state index in [1.165, 1.54) is 0 Å². The molecule has 1 aliphatic heterocycles. The highest BCUT2D eigenvalue weighted by atomic mass is 16.9. The van der Waals surface area contributed by atoms with E-state index in [-0.39, 0.29) is 0 Å². The summed E-state index contributed by atoms with van der Waals surface area (Å²) >= 11 is 0. The maximum absolute atomic E-state index is 5.84. The molecule has 1 heterocycles. The zero-order chi connectivity index (χ0) is 14.8. The Kier molecular flexibility index (Phi) is 6.51. The Morgan fingerprint density at radius 1 is 1.10 bits per heavy atom. The Labute approximate surface area is 127 Å². The predicted molar refractivity (Wildman–Crippen MR) is 84.5 cm³/mol. The third kappa shape index (κ3) is 5.37. The molecule has 1 aliphatic rings. The molecule has 0 spiro atoms. The van der Waals surface area contributed by atoms with Gasteiger partial charge in [-0.15, -0.1) is 0 Å². The van der Waals surface area contributed by atoms with Crippen LogP contribution in [0.4, 0.5) is 0 Å². The van der Waals surface area contributed by atoms with E-state index >= 15 is 0 Å². The number of benzene rings is 1. The van der Waals surface area contributed by atoms with Crippen LogP contribution in [0, 0.1) is 0 Å². The standard InChI is InChI=1S/C18H24O3/c1-2-3-7-13-18(19-14-8-9-15-20-18)21-16-12-17-10-5-4-6-11-17/h4-6,8-12,16H,2-3,7,13-15H2,1H3/b16-12+. The van der Waals surface area contributed by atoms with Crippen molar-refractivity contribution < 1.29 is 14.2 Å². The molecule has 0 saturated carbocycles. The molecular weight excluding hydrogens is 264 g/mol. The summed E-state index contributed by atoms with van der Waals surface area (Å²) in [5.41, 5.74) is 1.09. The molecule has 0 radical (unpaired) electrons. The number of unbranched alkanes of at least 4 members (excludes halogenated alkanes) is 2. The van der Waals surface area contributed by atoms with Gasteiger partial charge >= 0.3 is 5.97 Å². The van der Waals surface area contributed by atoms with Gasteiger partial charge in [0, 0.05) is 6.42 Å². The van der Waals surface area contributed by atoms with E-state index in [1.54, 1.807) is 6.26 Å². The van der Waals surface area contributed by atoms with Gasteiger partial charge in [-0.1, -0.05) is 62.2 Å². The fourth-order valence-electron chi connectivity index (χ4n) is 2.17. The maximum Gasteiger partial charge on any atom is 0.326 e. The van der Waals surface area contributed by atoms with Crippen molar-refractivity contribution in [2.75, 3.05) is 13.2 Å². The highest BCUT2D eigenvalue weighted by Crippen LogP contribution is 2.26. The maximum atomic E-state index is 5.84. The minimum atomic E-state index is -0.954. The van der Waals surface area contributed by atoms with E-state index < -0.39 is 5.97 Å². The van der Waals surface area contributed by atoms with Crippen LogP contribution in [0.2, 0.25) is 0 Å². The predicted octanol–water partition coefficient (Wildman–Crippen LogP) is 4.51. The van der Waals surface area contributed by atoms with Crippen molar-refractivity contribution in [3.63, 3.8) is 0 Å². The number of hydrogen-bond donors (Lipinski definition) is 0. The summed E-state index contributed by atoms with van der Waals surface area (Å²) in [7, 11) is 0. The Morgan fingerprint density at radius 2 is 1.81 bits per heavy atom. The molecule has 0 N–H and O–H groups in total. The molecule has 0 atom stereocenters. The number of rotatable bonds is 7. The van der Waals surface area contributed by atoms with Gasteiger partial charge < -0.3 is 14.2 Å². The molecule has 0 amide bonds. The molecule has 3 heteroatoms. The van der Waals surface area contributed by atoms with Gasteiger partial charge in [0.25, 0.3) is 0 Å². The first-order chi connectivity index (χ1) is 10.3. The first-order valence-electron chi connectivity index (χ1n) is 7.67. The Bertz CT molecular complexity index is 441. The van der Waals surface area contributed by atoms with Crippen LogP contribution in [0.3, 0.4) is 0 Å². The molecule has 0 aromatic heterocycles. The minimum absolute atomic E-state index is 0.519. The van der Waals surface area contributed by atoms with Gasteiger partial charge in [-0.2, -0.15) is 0 Å². The molecular formula is C18H24O3. The van der Waals surface area contributed by atoms with E-state index in [0.29, 0.717) is 13.2 Å². The second kappa shape index (κ2) is 8.65. The molecule has 0 aliphatic carbocycles. The quantitative estimate of drug-likeness (QED) is 0.420. The highest BCUT2D eigenvalue weighted by Gasteiger charge is 2.33. The van der Waals surface area contributed by atoms with Crippen LogP contribution in [-0.4, -0.2) is 19.2 Å². The lowest BCUT2D eigenvalue weighted by atomic mass is 10.2. The van der Waals surface area contributed by atoms with E-state index in [0.717, 1.165) is 31.2 Å². The normalized spacial score (nSPS) is 17.8. The average molecular weight is 288 g/mol. The molecule has 3 nitrogen and oxygen atoms in total. The van der Waals surface area contributed by atoms with Crippen LogP contribution < -0.4 is 0 Å². The monoisotopic (exact) mass is 288 g/mol. The van der Waals surface area contributed by atoms with Crippen molar-refractivity contribution in [1.29, 1.82) is 0 Å². The largest absolute Gasteiger partial charge is 0.447 e. The van der Waals surface area contributed by atoms with Gasteiger partial charge in [-0.25, -0.2) is 0 Å². The van der Waals surface area contributed by atoms with Crippen LogP contribution in [-0.2, 0) is 14.2 Å². The SMILES string of the molecule is CCCCCC1(O/C=C/c2ccccc2)OCC=CCO1. The van der Waals surface area contributed by atoms with E-state index in [1.807, 2.05) is 48.6 Å². The summed E-state index contributed by atoms with van der Waals surface area (Å²) in [6.07, 6.45) is 11.6. The molecule has 21 heavy (non-hydrogen) atoms. The Hall–Kier alpha value is -1.58. The zero-order valence-corrected chi connectivity index (χ0v) is 12.7. The van der Waals surface area contributed by atoms with E-state index in [2.05, 4.69) is 6.92 Å². The van der Waals surface area contributed by atoms with Crippen LogP contribution in [0.25, 0.3) is 6.08 Å². The van der Waals surface area contributed by atoms with Gasteiger partial charge in [0.15, 0.2) is 0 Å². The molecule has 1 aromatic rings. The van der Waals surface area contributed by atoms with Crippen molar-refractivity contribution in [2.24, 2.45) is 0 Å². The Morgan fingerprint density at radius 3 is 2.48 bits per heavy atom. The fourth-order valence-corrected chi connectivity index (χ4v) is 2.17. The van der Waals surface area contributed by atoms with Crippen LogP contribution in [0.1, 0.15) is 38.2 Å². The zero-order valence-electron chi connectivity index (χ0n) is 12.7. The molecule has 1 aromatic carbocycles. The van der Waals surface area contributed by atoms with Crippen LogP contribution in [0.15, 0.2) is 48.7 Å². The van der Waals surface area contributed by atoms with Crippen molar-refractivity contribution in [2.45, 2.75) is 38.6 Å². The lowest BCUT2D eigenvalue weighted by Crippen LogP contribution is -2.37. The highest BCUT2D eigenvalue weighted by molar-refractivity contribution is 5.47. The molecule has 0 unspecified atom stereocenters. The van der Waals surface area contributed by atoms with Crippen molar-refractivity contribution in [1.82, 2.24) is 0 Å². The molecule has 0 bridgehead atoms. The van der Waals surface area contributed by atoms with Gasteiger partial charge in [0.1, 0.15) is 0 Å². The van der Waals surface area contributed by atoms with Crippen LogP contribution in [0.5, 0.6) is 0 Å². The lowest BCUT2D eigenvalue weighted by Gasteiger charge is -2.30. The Balaban J connectivity index is 1.96. The van der Waals surface area contributed by atoms with E-state index in [9.17, 15) is 0 Å². The molecule has 0 fully saturated rings. The van der Waals surface area contributed by atoms with E-state index in [4.69, 9.17) is 14.2 Å². The smallest absolute Gasteiger partial charge is 0.326 e. The second-order valence-electron chi connectivity index (χ2n) is 5.06. The first kappa shape index (κ1) is 15.8. The molecule has 114 valence electrons. The number of hydrogen-bond acceptors (Lipinski definition) is 3.